The number of carbonyl (C=O) groups excluding carboxylic acids is 1. The smallest absolute Gasteiger partial charge is 0.255 e. The van der Waals surface area contributed by atoms with E-state index in [1.54, 1.807) is 31.5 Å². The van der Waals surface area contributed by atoms with E-state index in [0.29, 0.717) is 22.8 Å². The normalized spacial score (nSPS) is 11.8. The minimum absolute atomic E-state index is 0.0478. The van der Waals surface area contributed by atoms with Crippen molar-refractivity contribution in [2.45, 2.75) is 26.3 Å². The fraction of sp³-hybridized carbons (Fsp3) is 0.211. The molecule has 3 aromatic heterocycles. The summed E-state index contributed by atoms with van der Waals surface area (Å²) in [6, 6.07) is 10.6. The van der Waals surface area contributed by atoms with Gasteiger partial charge in [-0.2, -0.15) is 0 Å². The van der Waals surface area contributed by atoms with E-state index in [1.165, 1.54) is 0 Å². The van der Waals surface area contributed by atoms with Crippen molar-refractivity contribution in [3.63, 3.8) is 0 Å². The lowest BCUT2D eigenvalue weighted by Gasteiger charge is -2.13. The van der Waals surface area contributed by atoms with Crippen LogP contribution in [-0.2, 0) is 11.2 Å². The van der Waals surface area contributed by atoms with E-state index >= 15 is 0 Å². The van der Waals surface area contributed by atoms with E-state index in [1.807, 2.05) is 31.2 Å². The van der Waals surface area contributed by atoms with Crippen LogP contribution >= 0.6 is 0 Å². The number of nitrogens with zero attached hydrogens (tertiary/aromatic N) is 3. The number of carbonyl (C=O) groups is 1. The molecule has 0 aliphatic heterocycles. The molecule has 0 aliphatic carbocycles. The molecule has 3 heterocycles. The molecule has 0 fully saturated rings. The summed E-state index contributed by atoms with van der Waals surface area (Å²) in [6.45, 7) is 3.56. The maximum absolute atomic E-state index is 12.4. The standard InChI is InChI=1S/C19H19N5O2/c1-12-14(11-17(25)22-13(2)15-7-3-5-9-20-15)19(26)24-18(23-12)16-8-4-6-10-21-16/h3-10,13H,11H2,1-2H3,(H,22,25)(H,23,24,26)/t13-/m0/s1. The number of aryl methyl sites for hydroxylation is 1. The first-order valence-electron chi connectivity index (χ1n) is 8.26. The van der Waals surface area contributed by atoms with Gasteiger partial charge in [0.2, 0.25) is 5.91 Å². The molecule has 7 heteroatoms. The first-order chi connectivity index (χ1) is 12.5. The van der Waals surface area contributed by atoms with Crippen molar-refractivity contribution < 1.29 is 4.79 Å². The molecule has 3 rings (SSSR count). The van der Waals surface area contributed by atoms with E-state index in [-0.39, 0.29) is 23.9 Å². The SMILES string of the molecule is Cc1nc(-c2ccccn2)[nH]c(=O)c1CC(=O)N[C@@H](C)c1ccccn1. The number of pyridine rings is 2. The van der Waals surface area contributed by atoms with Gasteiger partial charge in [-0.3, -0.25) is 19.6 Å². The second-order valence-electron chi connectivity index (χ2n) is 5.91. The highest BCUT2D eigenvalue weighted by atomic mass is 16.2. The summed E-state index contributed by atoms with van der Waals surface area (Å²) in [5.41, 5.74) is 1.85. The summed E-state index contributed by atoms with van der Waals surface area (Å²) in [6.07, 6.45) is 3.26. The Morgan fingerprint density at radius 3 is 2.50 bits per heavy atom. The van der Waals surface area contributed by atoms with Crippen molar-refractivity contribution in [2.75, 3.05) is 0 Å². The molecule has 0 radical (unpaired) electrons. The van der Waals surface area contributed by atoms with E-state index in [4.69, 9.17) is 0 Å². The highest BCUT2D eigenvalue weighted by Gasteiger charge is 2.16. The Labute approximate surface area is 150 Å². The Bertz CT molecular complexity index is 955. The summed E-state index contributed by atoms with van der Waals surface area (Å²) in [4.78, 5) is 40.2. The van der Waals surface area contributed by atoms with Crippen molar-refractivity contribution >= 4 is 5.91 Å². The fourth-order valence-corrected chi connectivity index (χ4v) is 2.60. The van der Waals surface area contributed by atoms with Crippen LogP contribution in [0.2, 0.25) is 0 Å². The number of aromatic nitrogens is 4. The van der Waals surface area contributed by atoms with Crippen LogP contribution in [-0.4, -0.2) is 25.8 Å². The molecule has 0 aliphatic rings. The number of hydrogen-bond acceptors (Lipinski definition) is 5. The Kier molecular flexibility index (Phi) is 5.17. The lowest BCUT2D eigenvalue weighted by Crippen LogP contribution is -2.31. The lowest BCUT2D eigenvalue weighted by atomic mass is 10.1. The highest BCUT2D eigenvalue weighted by Crippen LogP contribution is 2.12. The molecule has 0 unspecified atom stereocenters. The minimum Gasteiger partial charge on any atom is -0.348 e. The van der Waals surface area contributed by atoms with E-state index in [2.05, 4.69) is 25.3 Å². The van der Waals surface area contributed by atoms with Crippen molar-refractivity contribution in [3.8, 4) is 11.5 Å². The van der Waals surface area contributed by atoms with Crippen LogP contribution in [0.15, 0.2) is 53.6 Å². The van der Waals surface area contributed by atoms with Crippen LogP contribution in [0.5, 0.6) is 0 Å². The molecule has 3 aromatic rings. The van der Waals surface area contributed by atoms with Gasteiger partial charge in [-0.05, 0) is 38.1 Å². The number of aromatic amines is 1. The van der Waals surface area contributed by atoms with Gasteiger partial charge < -0.3 is 10.3 Å². The predicted octanol–water partition coefficient (Wildman–Crippen LogP) is 1.96. The molecule has 1 atom stereocenters. The molecule has 0 bridgehead atoms. The van der Waals surface area contributed by atoms with Crippen LogP contribution in [0.25, 0.3) is 11.5 Å². The minimum atomic E-state index is -0.334. The molecule has 1 amide bonds. The van der Waals surface area contributed by atoms with Gasteiger partial charge in [0.15, 0.2) is 5.82 Å². The maximum atomic E-state index is 12.4. The summed E-state index contributed by atoms with van der Waals surface area (Å²) < 4.78 is 0. The zero-order chi connectivity index (χ0) is 18.5. The number of H-pyrrole nitrogens is 1. The van der Waals surface area contributed by atoms with Gasteiger partial charge in [-0.25, -0.2) is 4.98 Å². The first kappa shape index (κ1) is 17.5. The van der Waals surface area contributed by atoms with Gasteiger partial charge in [0.05, 0.1) is 18.2 Å². The van der Waals surface area contributed by atoms with Gasteiger partial charge in [0.1, 0.15) is 5.69 Å². The van der Waals surface area contributed by atoms with Crippen molar-refractivity contribution in [1.82, 2.24) is 25.3 Å². The third kappa shape index (κ3) is 4.00. The van der Waals surface area contributed by atoms with Crippen LogP contribution in [0.4, 0.5) is 0 Å². The predicted molar refractivity (Wildman–Crippen MR) is 97.3 cm³/mol. The van der Waals surface area contributed by atoms with Gasteiger partial charge >= 0.3 is 0 Å². The monoisotopic (exact) mass is 349 g/mol. The van der Waals surface area contributed by atoms with Gasteiger partial charge in [-0.1, -0.05) is 12.1 Å². The van der Waals surface area contributed by atoms with Crippen molar-refractivity contribution in [2.24, 2.45) is 0 Å². The van der Waals surface area contributed by atoms with E-state index in [0.717, 1.165) is 5.69 Å². The summed E-state index contributed by atoms with van der Waals surface area (Å²) >= 11 is 0. The molecule has 0 saturated heterocycles. The van der Waals surface area contributed by atoms with Crippen LogP contribution in [0.3, 0.4) is 0 Å². The topological polar surface area (TPSA) is 101 Å². The lowest BCUT2D eigenvalue weighted by molar-refractivity contribution is -0.121. The Hall–Kier alpha value is -3.35. The largest absolute Gasteiger partial charge is 0.348 e. The molecule has 0 saturated carbocycles. The Morgan fingerprint density at radius 1 is 1.15 bits per heavy atom. The molecule has 132 valence electrons. The maximum Gasteiger partial charge on any atom is 0.255 e. The number of nitrogens with one attached hydrogen (secondary N) is 2. The van der Waals surface area contributed by atoms with E-state index < -0.39 is 0 Å². The zero-order valence-corrected chi connectivity index (χ0v) is 14.6. The molecular weight excluding hydrogens is 330 g/mol. The Balaban J connectivity index is 1.76. The average Bonchev–Trinajstić information content (AvgIpc) is 2.66. The summed E-state index contributed by atoms with van der Waals surface area (Å²) in [5.74, 6) is 0.128. The van der Waals surface area contributed by atoms with Crippen molar-refractivity contribution in [3.05, 3.63) is 76.1 Å². The summed E-state index contributed by atoms with van der Waals surface area (Å²) in [5, 5.41) is 2.85. The highest BCUT2D eigenvalue weighted by molar-refractivity contribution is 5.79. The third-order valence-electron chi connectivity index (χ3n) is 3.98. The van der Waals surface area contributed by atoms with Crippen molar-refractivity contribution in [1.29, 1.82) is 0 Å². The van der Waals surface area contributed by atoms with Crippen LogP contribution in [0.1, 0.15) is 29.9 Å². The molecule has 0 spiro atoms. The quantitative estimate of drug-likeness (QED) is 0.733. The number of amides is 1. The van der Waals surface area contributed by atoms with Crippen LogP contribution < -0.4 is 10.9 Å². The van der Waals surface area contributed by atoms with Gasteiger partial charge in [0.25, 0.3) is 5.56 Å². The fourth-order valence-electron chi connectivity index (χ4n) is 2.60. The Morgan fingerprint density at radius 2 is 1.88 bits per heavy atom. The second kappa shape index (κ2) is 7.69. The average molecular weight is 349 g/mol. The molecule has 26 heavy (non-hydrogen) atoms. The zero-order valence-electron chi connectivity index (χ0n) is 14.6. The molecular formula is C19H19N5O2. The van der Waals surface area contributed by atoms with Gasteiger partial charge in [-0.15, -0.1) is 0 Å². The summed E-state index contributed by atoms with van der Waals surface area (Å²) in [7, 11) is 0. The molecule has 0 aromatic carbocycles. The molecule has 7 nitrogen and oxygen atoms in total. The first-order valence-corrected chi connectivity index (χ1v) is 8.26. The van der Waals surface area contributed by atoms with Gasteiger partial charge in [0, 0.05) is 23.7 Å². The van der Waals surface area contributed by atoms with Crippen LogP contribution in [0, 0.1) is 6.92 Å². The third-order valence-corrected chi connectivity index (χ3v) is 3.98. The second-order valence-corrected chi connectivity index (χ2v) is 5.91. The van der Waals surface area contributed by atoms with E-state index in [9.17, 15) is 9.59 Å². The number of rotatable bonds is 5. The number of hydrogen-bond donors (Lipinski definition) is 2. The molecule has 2 N–H and O–H groups in total.